The lowest BCUT2D eigenvalue weighted by atomic mass is 9.83. The molecule has 0 aliphatic carbocycles. The highest BCUT2D eigenvalue weighted by Gasteiger charge is 2.33. The number of amides is 1. The molecule has 3 N–H and O–H groups in total. The topological polar surface area (TPSA) is 87.1 Å². The predicted molar refractivity (Wildman–Crippen MR) is 137 cm³/mol. The van der Waals surface area contributed by atoms with Crippen LogP contribution in [0.3, 0.4) is 0 Å². The molecule has 1 amide bonds. The molecule has 3 heterocycles. The summed E-state index contributed by atoms with van der Waals surface area (Å²) in [7, 11) is 1.80. The maximum Gasteiger partial charge on any atom is 0.253 e. The van der Waals surface area contributed by atoms with Gasteiger partial charge in [0.25, 0.3) is 5.56 Å². The van der Waals surface area contributed by atoms with Gasteiger partial charge in [0.1, 0.15) is 0 Å². The number of aliphatic hydroxyl groups is 1. The van der Waals surface area contributed by atoms with Crippen LogP contribution in [0.15, 0.2) is 35.3 Å². The summed E-state index contributed by atoms with van der Waals surface area (Å²) >= 11 is 0. The molecular weight excluding hydrogens is 426 g/mol. The fourth-order valence-electron chi connectivity index (χ4n) is 5.38. The van der Waals surface area contributed by atoms with Gasteiger partial charge in [-0.3, -0.25) is 9.59 Å². The molecule has 182 valence electrons. The van der Waals surface area contributed by atoms with E-state index in [0.717, 1.165) is 41.6 Å². The molecule has 1 aromatic carbocycles. The monoisotopic (exact) mass is 463 g/mol. The molecule has 6 heteroatoms. The number of hydrogen-bond donors (Lipinski definition) is 3. The second kappa shape index (κ2) is 9.41. The van der Waals surface area contributed by atoms with Gasteiger partial charge in [0.15, 0.2) is 0 Å². The van der Waals surface area contributed by atoms with Gasteiger partial charge in [0.05, 0.1) is 17.7 Å². The maximum absolute atomic E-state index is 12.5. The first-order valence-electron chi connectivity index (χ1n) is 12.4. The van der Waals surface area contributed by atoms with Crippen LogP contribution in [0.5, 0.6) is 0 Å². The van der Waals surface area contributed by atoms with Gasteiger partial charge >= 0.3 is 0 Å². The number of carbonyl (C=O) groups excluding carboxylic acids is 1. The lowest BCUT2D eigenvalue weighted by Gasteiger charge is -2.25. The summed E-state index contributed by atoms with van der Waals surface area (Å²) < 4.78 is 1.65. The van der Waals surface area contributed by atoms with Crippen molar-refractivity contribution in [1.82, 2.24) is 14.9 Å². The van der Waals surface area contributed by atoms with Crippen LogP contribution in [0.4, 0.5) is 0 Å². The Hall–Kier alpha value is -2.86. The number of aromatic nitrogens is 2. The third-order valence-electron chi connectivity index (χ3n) is 7.52. The van der Waals surface area contributed by atoms with E-state index in [-0.39, 0.29) is 18.1 Å². The first kappa shape index (κ1) is 24.3. The van der Waals surface area contributed by atoms with E-state index >= 15 is 0 Å². The third kappa shape index (κ3) is 4.43. The van der Waals surface area contributed by atoms with E-state index in [9.17, 15) is 14.7 Å². The van der Waals surface area contributed by atoms with Crippen molar-refractivity contribution in [3.8, 4) is 11.3 Å². The van der Waals surface area contributed by atoms with E-state index in [2.05, 4.69) is 42.3 Å². The van der Waals surface area contributed by atoms with E-state index in [0.29, 0.717) is 24.8 Å². The van der Waals surface area contributed by atoms with Crippen molar-refractivity contribution >= 4 is 16.8 Å². The SMILES string of the molecule is Cc1cc(-c2[nH]c3ccc(C4CCCC(C)(CO)C(=O)NCC4)cc3c2C(C)C)cn(C)c1=O. The summed E-state index contributed by atoms with van der Waals surface area (Å²) in [6.45, 7) is 8.62. The number of nitrogens with one attached hydrogen (secondary N) is 2. The zero-order chi connectivity index (χ0) is 24.6. The van der Waals surface area contributed by atoms with Gasteiger partial charge in [-0.15, -0.1) is 0 Å². The number of aromatic amines is 1. The van der Waals surface area contributed by atoms with Gasteiger partial charge in [0, 0.05) is 41.8 Å². The van der Waals surface area contributed by atoms with E-state index in [1.165, 1.54) is 16.5 Å². The number of nitrogens with zero attached hydrogens (tertiary/aromatic N) is 1. The second-order valence-corrected chi connectivity index (χ2v) is 10.6. The summed E-state index contributed by atoms with van der Waals surface area (Å²) in [5.74, 6) is 0.613. The Kier molecular flexibility index (Phi) is 6.72. The number of fused-ring (bicyclic) bond motifs is 1. The minimum atomic E-state index is -0.701. The first-order valence-corrected chi connectivity index (χ1v) is 12.4. The number of benzene rings is 1. The fourth-order valence-corrected chi connectivity index (χ4v) is 5.38. The average Bonchev–Trinajstić information content (AvgIpc) is 3.21. The Morgan fingerprint density at radius 1 is 1.21 bits per heavy atom. The van der Waals surface area contributed by atoms with Crippen molar-refractivity contribution in [3.05, 3.63) is 57.5 Å². The molecule has 0 saturated carbocycles. The molecule has 1 fully saturated rings. The largest absolute Gasteiger partial charge is 0.395 e. The molecule has 6 nitrogen and oxygen atoms in total. The van der Waals surface area contributed by atoms with Gasteiger partial charge in [-0.05, 0) is 74.3 Å². The molecule has 1 saturated heterocycles. The molecule has 1 aliphatic heterocycles. The Morgan fingerprint density at radius 2 is 1.97 bits per heavy atom. The number of rotatable bonds is 4. The summed E-state index contributed by atoms with van der Waals surface area (Å²) in [5.41, 5.74) is 5.80. The zero-order valence-electron chi connectivity index (χ0n) is 21.0. The number of aryl methyl sites for hydroxylation is 2. The Balaban J connectivity index is 1.73. The number of carbonyl (C=O) groups is 1. The minimum Gasteiger partial charge on any atom is -0.395 e. The molecule has 4 rings (SSSR count). The summed E-state index contributed by atoms with van der Waals surface area (Å²) in [4.78, 5) is 28.4. The molecule has 0 radical (unpaired) electrons. The Labute approximate surface area is 201 Å². The smallest absolute Gasteiger partial charge is 0.253 e. The quantitative estimate of drug-likeness (QED) is 0.522. The normalized spacial score (nSPS) is 21.9. The Bertz CT molecular complexity index is 1240. The van der Waals surface area contributed by atoms with Crippen molar-refractivity contribution in [1.29, 1.82) is 0 Å². The van der Waals surface area contributed by atoms with E-state index < -0.39 is 5.41 Å². The number of aliphatic hydroxyl groups excluding tert-OH is 1. The van der Waals surface area contributed by atoms with Crippen LogP contribution in [0.25, 0.3) is 22.2 Å². The highest BCUT2D eigenvalue weighted by Crippen LogP contribution is 2.38. The molecule has 2 unspecified atom stereocenters. The van der Waals surface area contributed by atoms with E-state index in [1.54, 1.807) is 11.6 Å². The lowest BCUT2D eigenvalue weighted by molar-refractivity contribution is -0.132. The van der Waals surface area contributed by atoms with Crippen LogP contribution in [-0.2, 0) is 11.8 Å². The standard InChI is InChI=1S/C28H37N3O3/c1-17(2)24-22-14-20(19-7-6-11-28(4,16-32)27(34)29-12-10-19)8-9-23(22)30-25(24)21-13-18(3)26(33)31(5)15-21/h8-9,13-15,17,19,30,32H,6-7,10-12,16H2,1-5H3,(H,29,34). The van der Waals surface area contributed by atoms with Crippen molar-refractivity contribution in [2.24, 2.45) is 12.5 Å². The van der Waals surface area contributed by atoms with Crippen LogP contribution in [0, 0.1) is 12.3 Å². The first-order chi connectivity index (χ1) is 16.1. The fraction of sp³-hybridized carbons (Fsp3) is 0.500. The predicted octanol–water partition coefficient (Wildman–Crippen LogP) is 4.74. The van der Waals surface area contributed by atoms with Gasteiger partial charge in [-0.2, -0.15) is 0 Å². The van der Waals surface area contributed by atoms with Crippen molar-refractivity contribution in [2.45, 2.75) is 65.2 Å². The molecule has 2 aromatic heterocycles. The molecular formula is C28H37N3O3. The Morgan fingerprint density at radius 3 is 2.65 bits per heavy atom. The summed E-state index contributed by atoms with van der Waals surface area (Å²) in [6.07, 6.45) is 5.37. The van der Waals surface area contributed by atoms with Crippen LogP contribution in [-0.4, -0.2) is 33.7 Å². The maximum atomic E-state index is 12.5. The minimum absolute atomic E-state index is 0.0258. The van der Waals surface area contributed by atoms with Crippen molar-refractivity contribution in [3.63, 3.8) is 0 Å². The van der Waals surface area contributed by atoms with Crippen molar-refractivity contribution in [2.75, 3.05) is 13.2 Å². The van der Waals surface area contributed by atoms with Crippen LogP contribution in [0.2, 0.25) is 0 Å². The summed E-state index contributed by atoms with van der Waals surface area (Å²) in [5, 5.41) is 14.0. The molecule has 1 aliphatic rings. The van der Waals surface area contributed by atoms with Gasteiger partial charge < -0.3 is 20.0 Å². The number of H-pyrrole nitrogens is 1. The van der Waals surface area contributed by atoms with E-state index in [1.807, 2.05) is 26.1 Å². The van der Waals surface area contributed by atoms with Gasteiger partial charge in [-0.1, -0.05) is 26.3 Å². The van der Waals surface area contributed by atoms with Gasteiger partial charge in [-0.25, -0.2) is 0 Å². The molecule has 0 bridgehead atoms. The van der Waals surface area contributed by atoms with Crippen LogP contribution < -0.4 is 10.9 Å². The third-order valence-corrected chi connectivity index (χ3v) is 7.52. The average molecular weight is 464 g/mol. The van der Waals surface area contributed by atoms with Crippen molar-refractivity contribution < 1.29 is 9.90 Å². The molecule has 34 heavy (non-hydrogen) atoms. The number of hydrogen-bond acceptors (Lipinski definition) is 3. The molecule has 0 spiro atoms. The zero-order valence-corrected chi connectivity index (χ0v) is 21.0. The number of pyridine rings is 1. The second-order valence-electron chi connectivity index (χ2n) is 10.6. The molecule has 3 aromatic rings. The highest BCUT2D eigenvalue weighted by atomic mass is 16.3. The van der Waals surface area contributed by atoms with Crippen LogP contribution in [0.1, 0.15) is 75.0 Å². The van der Waals surface area contributed by atoms with Crippen LogP contribution >= 0.6 is 0 Å². The van der Waals surface area contributed by atoms with Gasteiger partial charge in [0.2, 0.25) is 5.91 Å². The van der Waals surface area contributed by atoms with E-state index in [4.69, 9.17) is 0 Å². The molecule has 2 atom stereocenters. The summed E-state index contributed by atoms with van der Waals surface area (Å²) in [6, 6.07) is 8.65. The highest BCUT2D eigenvalue weighted by molar-refractivity contribution is 5.92. The lowest BCUT2D eigenvalue weighted by Crippen LogP contribution is -2.41.